The molecule has 1 unspecified atom stereocenters. The molecule has 2 aromatic carbocycles. The van der Waals surface area contributed by atoms with Crippen LogP contribution in [0.3, 0.4) is 0 Å². The highest BCUT2D eigenvalue weighted by molar-refractivity contribution is 5.43. The molecule has 4 nitrogen and oxygen atoms in total. The summed E-state index contributed by atoms with van der Waals surface area (Å²) in [7, 11) is 3.20. The zero-order valence-electron chi connectivity index (χ0n) is 12.1. The van der Waals surface area contributed by atoms with Crippen molar-refractivity contribution in [1.82, 2.24) is 5.43 Å². The maximum atomic E-state index is 13.0. The molecule has 1 atom stereocenters. The molecular formula is C16H19FN2O2. The molecule has 0 amide bonds. The quantitative estimate of drug-likeness (QED) is 0.634. The van der Waals surface area contributed by atoms with Crippen LogP contribution in [-0.2, 0) is 6.42 Å². The van der Waals surface area contributed by atoms with Gasteiger partial charge in [-0.25, -0.2) is 4.39 Å². The number of hydrazine groups is 1. The smallest absolute Gasteiger partial charge is 0.127 e. The van der Waals surface area contributed by atoms with Gasteiger partial charge in [0.1, 0.15) is 17.3 Å². The first-order valence-corrected chi connectivity index (χ1v) is 6.60. The number of hydrogen-bond donors (Lipinski definition) is 2. The van der Waals surface area contributed by atoms with Gasteiger partial charge < -0.3 is 9.47 Å². The van der Waals surface area contributed by atoms with Crippen LogP contribution >= 0.6 is 0 Å². The molecule has 0 aliphatic heterocycles. The summed E-state index contributed by atoms with van der Waals surface area (Å²) >= 11 is 0. The molecule has 0 fully saturated rings. The fourth-order valence-corrected chi connectivity index (χ4v) is 2.22. The van der Waals surface area contributed by atoms with Gasteiger partial charge in [-0.2, -0.15) is 0 Å². The lowest BCUT2D eigenvalue weighted by Gasteiger charge is -2.20. The van der Waals surface area contributed by atoms with E-state index in [2.05, 4.69) is 5.43 Å². The van der Waals surface area contributed by atoms with E-state index in [1.165, 1.54) is 12.1 Å². The Morgan fingerprint density at radius 2 is 1.81 bits per heavy atom. The van der Waals surface area contributed by atoms with E-state index in [1.54, 1.807) is 26.4 Å². The highest BCUT2D eigenvalue weighted by atomic mass is 19.1. The van der Waals surface area contributed by atoms with E-state index >= 15 is 0 Å². The molecule has 0 saturated heterocycles. The standard InChI is InChI=1S/C16H19FN2O2/c1-20-13-7-8-14(16(10-13)21-2)15(19-18)9-11-3-5-12(17)6-4-11/h3-8,10,15,19H,9,18H2,1-2H3. The van der Waals surface area contributed by atoms with Crippen molar-refractivity contribution >= 4 is 0 Å². The van der Waals surface area contributed by atoms with Crippen LogP contribution in [0.15, 0.2) is 42.5 Å². The van der Waals surface area contributed by atoms with Gasteiger partial charge >= 0.3 is 0 Å². The molecule has 0 aliphatic rings. The van der Waals surface area contributed by atoms with Crippen LogP contribution in [0.25, 0.3) is 0 Å². The minimum atomic E-state index is -0.252. The lowest BCUT2D eigenvalue weighted by molar-refractivity contribution is 0.384. The number of ether oxygens (including phenoxy) is 2. The predicted molar refractivity (Wildman–Crippen MR) is 79.7 cm³/mol. The molecule has 112 valence electrons. The average Bonchev–Trinajstić information content (AvgIpc) is 2.53. The van der Waals surface area contributed by atoms with E-state index in [-0.39, 0.29) is 11.9 Å². The minimum Gasteiger partial charge on any atom is -0.497 e. The second-order valence-electron chi connectivity index (χ2n) is 4.66. The zero-order valence-corrected chi connectivity index (χ0v) is 12.1. The van der Waals surface area contributed by atoms with Crippen molar-refractivity contribution in [3.05, 3.63) is 59.4 Å². The Labute approximate surface area is 123 Å². The monoisotopic (exact) mass is 290 g/mol. The summed E-state index contributed by atoms with van der Waals surface area (Å²) in [5.74, 6) is 6.82. The van der Waals surface area contributed by atoms with Gasteiger partial charge in [-0.1, -0.05) is 18.2 Å². The molecule has 0 radical (unpaired) electrons. The molecule has 0 spiro atoms. The van der Waals surface area contributed by atoms with Crippen molar-refractivity contribution in [2.45, 2.75) is 12.5 Å². The van der Waals surface area contributed by atoms with Crippen molar-refractivity contribution in [3.63, 3.8) is 0 Å². The fourth-order valence-electron chi connectivity index (χ4n) is 2.22. The van der Waals surface area contributed by atoms with Gasteiger partial charge in [0.2, 0.25) is 0 Å². The molecule has 0 heterocycles. The molecular weight excluding hydrogens is 271 g/mol. The second kappa shape index (κ2) is 7.06. The van der Waals surface area contributed by atoms with Gasteiger partial charge in [0.25, 0.3) is 0 Å². The minimum absolute atomic E-state index is 0.142. The molecule has 0 aliphatic carbocycles. The Morgan fingerprint density at radius 1 is 1.10 bits per heavy atom. The third kappa shape index (κ3) is 3.71. The van der Waals surface area contributed by atoms with Crippen LogP contribution in [0.2, 0.25) is 0 Å². The van der Waals surface area contributed by atoms with E-state index in [1.807, 2.05) is 18.2 Å². The summed E-state index contributed by atoms with van der Waals surface area (Å²) < 4.78 is 23.5. The van der Waals surface area contributed by atoms with Crippen molar-refractivity contribution in [2.24, 2.45) is 5.84 Å². The summed E-state index contributed by atoms with van der Waals surface area (Å²) in [4.78, 5) is 0. The maximum absolute atomic E-state index is 13.0. The lowest BCUT2D eigenvalue weighted by atomic mass is 9.98. The van der Waals surface area contributed by atoms with Crippen LogP contribution in [0.5, 0.6) is 11.5 Å². The van der Waals surface area contributed by atoms with Crippen molar-refractivity contribution in [2.75, 3.05) is 14.2 Å². The lowest BCUT2D eigenvalue weighted by Crippen LogP contribution is -2.29. The van der Waals surface area contributed by atoms with Crippen molar-refractivity contribution in [1.29, 1.82) is 0 Å². The Kier molecular flexibility index (Phi) is 5.14. The molecule has 0 bridgehead atoms. The number of benzene rings is 2. The molecule has 0 saturated carbocycles. The Balaban J connectivity index is 2.26. The van der Waals surface area contributed by atoms with E-state index in [4.69, 9.17) is 15.3 Å². The summed E-state index contributed by atoms with van der Waals surface area (Å²) in [5, 5.41) is 0. The van der Waals surface area contributed by atoms with E-state index < -0.39 is 0 Å². The van der Waals surface area contributed by atoms with Gasteiger partial charge in [0, 0.05) is 11.6 Å². The van der Waals surface area contributed by atoms with Gasteiger partial charge in [-0.3, -0.25) is 11.3 Å². The molecule has 2 rings (SSSR count). The Bertz CT molecular complexity index is 587. The van der Waals surface area contributed by atoms with Gasteiger partial charge in [0.15, 0.2) is 0 Å². The molecule has 3 N–H and O–H groups in total. The largest absolute Gasteiger partial charge is 0.497 e. The normalized spacial score (nSPS) is 12.0. The SMILES string of the molecule is COc1ccc(C(Cc2ccc(F)cc2)NN)c(OC)c1. The third-order valence-electron chi connectivity index (χ3n) is 3.37. The number of nitrogens with one attached hydrogen (secondary N) is 1. The highest BCUT2D eigenvalue weighted by Crippen LogP contribution is 2.30. The van der Waals surface area contributed by atoms with Gasteiger partial charge in [-0.15, -0.1) is 0 Å². The van der Waals surface area contributed by atoms with E-state index in [0.717, 1.165) is 11.1 Å². The summed E-state index contributed by atoms with van der Waals surface area (Å²) in [6.45, 7) is 0. The predicted octanol–water partition coefficient (Wildman–Crippen LogP) is 2.59. The first kappa shape index (κ1) is 15.3. The average molecular weight is 290 g/mol. The number of nitrogens with two attached hydrogens (primary N) is 1. The molecule has 5 heteroatoms. The van der Waals surface area contributed by atoms with Crippen LogP contribution in [0, 0.1) is 5.82 Å². The second-order valence-corrected chi connectivity index (χ2v) is 4.66. The fraction of sp³-hybridized carbons (Fsp3) is 0.250. The topological polar surface area (TPSA) is 56.5 Å². The van der Waals surface area contributed by atoms with E-state index in [9.17, 15) is 4.39 Å². The molecule has 0 aromatic heterocycles. The zero-order chi connectivity index (χ0) is 15.2. The molecule has 21 heavy (non-hydrogen) atoms. The highest BCUT2D eigenvalue weighted by Gasteiger charge is 2.16. The number of rotatable bonds is 6. The Morgan fingerprint density at radius 3 is 2.38 bits per heavy atom. The molecule has 2 aromatic rings. The third-order valence-corrected chi connectivity index (χ3v) is 3.37. The number of hydrogen-bond acceptors (Lipinski definition) is 4. The summed E-state index contributed by atoms with van der Waals surface area (Å²) in [5.41, 5.74) is 4.68. The number of methoxy groups -OCH3 is 2. The van der Waals surface area contributed by atoms with Crippen LogP contribution in [-0.4, -0.2) is 14.2 Å². The van der Waals surface area contributed by atoms with Gasteiger partial charge in [-0.05, 0) is 30.2 Å². The van der Waals surface area contributed by atoms with Crippen molar-refractivity contribution < 1.29 is 13.9 Å². The van der Waals surface area contributed by atoms with Crippen LogP contribution < -0.4 is 20.7 Å². The van der Waals surface area contributed by atoms with Crippen LogP contribution in [0.4, 0.5) is 4.39 Å². The van der Waals surface area contributed by atoms with E-state index in [0.29, 0.717) is 17.9 Å². The summed E-state index contributed by atoms with van der Waals surface area (Å²) in [6.07, 6.45) is 0.624. The Hall–Kier alpha value is -2.11. The van der Waals surface area contributed by atoms with Gasteiger partial charge in [0.05, 0.1) is 20.3 Å². The summed E-state index contributed by atoms with van der Waals surface area (Å²) in [6, 6.07) is 11.8. The van der Waals surface area contributed by atoms with Crippen LogP contribution in [0.1, 0.15) is 17.2 Å². The first-order valence-electron chi connectivity index (χ1n) is 6.60. The van der Waals surface area contributed by atoms with Crippen molar-refractivity contribution in [3.8, 4) is 11.5 Å². The maximum Gasteiger partial charge on any atom is 0.127 e. The number of halogens is 1. The first-order chi connectivity index (χ1) is 10.2.